The molecule has 0 aliphatic heterocycles. The second-order valence-corrected chi connectivity index (χ2v) is 2.79. The molecule has 0 rings (SSSR count). The van der Waals surface area contributed by atoms with Gasteiger partial charge in [0.05, 0.1) is 0 Å². The molecule has 0 bridgehead atoms. The van der Waals surface area contributed by atoms with Crippen molar-refractivity contribution in [3.05, 3.63) is 0 Å². The van der Waals surface area contributed by atoms with Crippen LogP contribution in [-0.2, 0) is 9.53 Å². The predicted molar refractivity (Wildman–Crippen MR) is 31.7 cm³/mol. The van der Waals surface area contributed by atoms with E-state index in [0.717, 1.165) is 4.44 Å². The Hall–Kier alpha value is 0.269. The van der Waals surface area contributed by atoms with Crippen molar-refractivity contribution in [3.8, 4) is 0 Å². The number of carbonyl (C=O) groups excluding carboxylic acids is 1. The molecule has 0 fully saturated rings. The molecule has 2 nitrogen and oxygen atoms in total. The molecule has 3 heteroatoms. The first-order valence-electron chi connectivity index (χ1n) is 2.44. The van der Waals surface area contributed by atoms with E-state index in [2.05, 4.69) is 4.74 Å². The van der Waals surface area contributed by atoms with Gasteiger partial charge >= 0.3 is 62.4 Å². The zero-order valence-corrected chi connectivity index (χ0v) is 7.96. The van der Waals surface area contributed by atoms with Crippen molar-refractivity contribution in [1.82, 2.24) is 0 Å². The van der Waals surface area contributed by atoms with Crippen LogP contribution in [0.4, 0.5) is 0 Å². The molecule has 0 aromatic rings. The third kappa shape index (κ3) is 2.55. The van der Waals surface area contributed by atoms with E-state index in [1.54, 1.807) is 0 Å². The molecule has 0 N–H and O–H groups in total. The average Bonchev–Trinajstić information content (AvgIpc) is 1.84. The van der Waals surface area contributed by atoms with Crippen molar-refractivity contribution < 1.29 is 9.53 Å². The molecule has 8 heavy (non-hydrogen) atoms. The van der Waals surface area contributed by atoms with Gasteiger partial charge in [0.1, 0.15) is 0 Å². The molecule has 0 aliphatic carbocycles. The van der Waals surface area contributed by atoms with E-state index in [4.69, 9.17) is 0 Å². The van der Waals surface area contributed by atoms with Crippen molar-refractivity contribution in [1.29, 1.82) is 0 Å². The molecule has 0 saturated carbocycles. The standard InChI is InChI=1S/C5H9O2.Sn/c1-4(2)5(6)7-3;/h4H,1H2,2-3H3;. The van der Waals surface area contributed by atoms with E-state index in [9.17, 15) is 4.79 Å². The first-order chi connectivity index (χ1) is 3.72. The van der Waals surface area contributed by atoms with Crippen LogP contribution in [0.15, 0.2) is 0 Å². The van der Waals surface area contributed by atoms with Crippen LogP contribution in [0.2, 0.25) is 4.44 Å². The molecule has 3 radical (unpaired) electrons. The Balaban J connectivity index is 3.46. The summed E-state index contributed by atoms with van der Waals surface area (Å²) >= 11 is 1.39. The second kappa shape index (κ2) is 4.18. The van der Waals surface area contributed by atoms with Crippen LogP contribution in [0.5, 0.6) is 0 Å². The molecular formula is C5H9O2Sn. The van der Waals surface area contributed by atoms with Gasteiger partial charge in [0.15, 0.2) is 0 Å². The quantitative estimate of drug-likeness (QED) is 0.496. The van der Waals surface area contributed by atoms with Crippen molar-refractivity contribution >= 4 is 28.5 Å². The van der Waals surface area contributed by atoms with Crippen LogP contribution in [0.25, 0.3) is 0 Å². The molecule has 0 spiro atoms. The van der Waals surface area contributed by atoms with Gasteiger partial charge in [0, 0.05) is 0 Å². The van der Waals surface area contributed by atoms with Gasteiger partial charge < -0.3 is 0 Å². The second-order valence-electron chi connectivity index (χ2n) is 1.63. The fourth-order valence-electron chi connectivity index (χ4n) is 0.285. The normalized spacial score (nSPS) is 12.9. The first kappa shape index (κ1) is 8.27. The number of esters is 1. The Morgan fingerprint density at radius 2 is 2.38 bits per heavy atom. The summed E-state index contributed by atoms with van der Waals surface area (Å²) in [6, 6.07) is 0. The van der Waals surface area contributed by atoms with Crippen LogP contribution < -0.4 is 0 Å². The molecule has 0 heterocycles. The summed E-state index contributed by atoms with van der Waals surface area (Å²) in [5.74, 6) is 0. The third-order valence-corrected chi connectivity index (χ3v) is 2.66. The molecule has 0 aliphatic rings. The Kier molecular flexibility index (Phi) is 4.32. The number of hydrogen-bond acceptors (Lipinski definition) is 2. The van der Waals surface area contributed by atoms with Crippen molar-refractivity contribution in [2.45, 2.75) is 11.4 Å². The van der Waals surface area contributed by atoms with Gasteiger partial charge in [0.25, 0.3) is 0 Å². The maximum absolute atomic E-state index is 10.5. The van der Waals surface area contributed by atoms with Crippen LogP contribution >= 0.6 is 0 Å². The first-order valence-corrected chi connectivity index (χ1v) is 4.46. The van der Waals surface area contributed by atoms with Gasteiger partial charge in [-0.1, -0.05) is 0 Å². The van der Waals surface area contributed by atoms with Crippen LogP contribution in [0.1, 0.15) is 6.92 Å². The fraction of sp³-hybridized carbons (Fsp3) is 0.800. The van der Waals surface area contributed by atoms with E-state index in [0.29, 0.717) is 0 Å². The topological polar surface area (TPSA) is 26.3 Å². The molecule has 0 saturated heterocycles. The summed E-state index contributed by atoms with van der Waals surface area (Å²) in [6.07, 6.45) is 0. The molecular weight excluding hydrogens is 211 g/mol. The monoisotopic (exact) mass is 221 g/mol. The van der Waals surface area contributed by atoms with E-state index in [-0.39, 0.29) is 11.9 Å². The number of rotatable bonds is 2. The van der Waals surface area contributed by atoms with Gasteiger partial charge in [-0.15, -0.1) is 0 Å². The van der Waals surface area contributed by atoms with Gasteiger partial charge in [-0.25, -0.2) is 0 Å². The van der Waals surface area contributed by atoms with Gasteiger partial charge in [0.2, 0.25) is 0 Å². The predicted octanol–water partition coefficient (Wildman–Crippen LogP) is 0.382. The Morgan fingerprint density at radius 3 is 2.50 bits per heavy atom. The van der Waals surface area contributed by atoms with E-state index >= 15 is 0 Å². The van der Waals surface area contributed by atoms with Crippen molar-refractivity contribution in [2.75, 3.05) is 7.11 Å². The summed E-state index contributed by atoms with van der Waals surface area (Å²) < 4.78 is 5.42. The minimum atomic E-state index is -0.0956. The summed E-state index contributed by atoms with van der Waals surface area (Å²) in [5.41, 5.74) is 0. The van der Waals surface area contributed by atoms with Crippen LogP contribution in [-0.4, -0.2) is 35.6 Å². The zero-order valence-electron chi connectivity index (χ0n) is 5.10. The molecule has 0 aromatic heterocycles. The summed E-state index contributed by atoms with van der Waals surface area (Å²) in [7, 11) is 1.42. The van der Waals surface area contributed by atoms with Gasteiger partial charge in [-0.2, -0.15) is 0 Å². The zero-order chi connectivity index (χ0) is 6.57. The summed E-state index contributed by atoms with van der Waals surface area (Å²) in [6.45, 7) is 1.88. The fourth-order valence-corrected chi connectivity index (χ4v) is 0.760. The maximum atomic E-state index is 10.5. The van der Waals surface area contributed by atoms with Crippen LogP contribution in [0, 0.1) is 5.92 Å². The number of hydrogen-bond donors (Lipinski definition) is 0. The van der Waals surface area contributed by atoms with E-state index in [1.165, 1.54) is 29.6 Å². The third-order valence-electron chi connectivity index (χ3n) is 0.910. The molecule has 45 valence electrons. The van der Waals surface area contributed by atoms with Crippen molar-refractivity contribution in [2.24, 2.45) is 5.92 Å². The average molecular weight is 220 g/mol. The van der Waals surface area contributed by atoms with E-state index < -0.39 is 0 Å². The summed E-state index contributed by atoms with van der Waals surface area (Å²) in [4.78, 5) is 10.5. The Morgan fingerprint density at radius 1 is 1.88 bits per heavy atom. The minimum absolute atomic E-state index is 0.0956. The SMILES string of the molecule is COC(=O)C(C)[CH2][Sn]. The van der Waals surface area contributed by atoms with Crippen LogP contribution in [0.3, 0.4) is 0 Å². The molecule has 1 unspecified atom stereocenters. The van der Waals surface area contributed by atoms with Gasteiger partial charge in [-0.3, -0.25) is 0 Å². The van der Waals surface area contributed by atoms with Crippen molar-refractivity contribution in [3.63, 3.8) is 0 Å². The number of carbonyl (C=O) groups is 1. The Bertz CT molecular complexity index is 82.5. The molecule has 1 atom stereocenters. The Labute approximate surface area is 62.7 Å². The number of methoxy groups -OCH3 is 1. The summed E-state index contributed by atoms with van der Waals surface area (Å²) in [5, 5.41) is 0. The molecule has 0 amide bonds. The molecule has 0 aromatic carbocycles. The number of ether oxygens (including phenoxy) is 1. The van der Waals surface area contributed by atoms with E-state index in [1.807, 2.05) is 6.92 Å². The van der Waals surface area contributed by atoms with Gasteiger partial charge in [-0.05, 0) is 0 Å².